The van der Waals surface area contributed by atoms with Gasteiger partial charge in [0.2, 0.25) is 5.91 Å². The van der Waals surface area contributed by atoms with Crippen molar-refractivity contribution in [3.63, 3.8) is 0 Å². The third-order valence-electron chi connectivity index (χ3n) is 2.70. The Bertz CT molecular complexity index is 667. The maximum absolute atomic E-state index is 12.4. The van der Waals surface area contributed by atoms with E-state index in [9.17, 15) is 18.0 Å². The van der Waals surface area contributed by atoms with Gasteiger partial charge < -0.3 is 5.32 Å². The van der Waals surface area contributed by atoms with Crippen LogP contribution < -0.4 is 5.32 Å². The summed E-state index contributed by atoms with van der Waals surface area (Å²) in [7, 11) is 0. The Labute approximate surface area is 127 Å². The van der Waals surface area contributed by atoms with E-state index in [0.717, 1.165) is 27.0 Å². The molecule has 0 aliphatic rings. The van der Waals surface area contributed by atoms with Crippen molar-refractivity contribution in [1.82, 2.24) is 9.78 Å². The number of amides is 1. The second kappa shape index (κ2) is 5.88. The van der Waals surface area contributed by atoms with Crippen LogP contribution in [0.3, 0.4) is 0 Å². The summed E-state index contributed by atoms with van der Waals surface area (Å²) < 4.78 is 39.0. The van der Waals surface area contributed by atoms with Crippen molar-refractivity contribution >= 4 is 27.5 Å². The predicted molar refractivity (Wildman–Crippen MR) is 74.7 cm³/mol. The van der Waals surface area contributed by atoms with E-state index in [-0.39, 0.29) is 6.54 Å². The first-order chi connectivity index (χ1) is 9.75. The average molecular weight is 362 g/mol. The molecule has 0 bridgehead atoms. The lowest BCUT2D eigenvalue weighted by Gasteiger charge is -2.09. The van der Waals surface area contributed by atoms with Crippen molar-refractivity contribution in [3.05, 3.63) is 46.2 Å². The first kappa shape index (κ1) is 15.6. The number of benzene rings is 1. The molecule has 21 heavy (non-hydrogen) atoms. The van der Waals surface area contributed by atoms with Crippen LogP contribution in [0.15, 0.2) is 34.9 Å². The minimum Gasteiger partial charge on any atom is -0.324 e. The first-order valence-electron chi connectivity index (χ1n) is 5.92. The van der Waals surface area contributed by atoms with Gasteiger partial charge in [0.25, 0.3) is 0 Å². The molecule has 4 nitrogen and oxygen atoms in total. The van der Waals surface area contributed by atoms with E-state index < -0.39 is 17.8 Å². The molecule has 0 saturated heterocycles. The zero-order valence-electron chi connectivity index (χ0n) is 10.9. The molecule has 1 aromatic carbocycles. The van der Waals surface area contributed by atoms with E-state index in [2.05, 4.69) is 26.3 Å². The van der Waals surface area contributed by atoms with Crippen LogP contribution in [0.2, 0.25) is 0 Å². The first-order valence-corrected chi connectivity index (χ1v) is 6.71. The lowest BCUT2D eigenvalue weighted by Crippen LogP contribution is -2.20. The summed E-state index contributed by atoms with van der Waals surface area (Å²) in [6.07, 6.45) is -3.39. The fraction of sp³-hybridized carbons (Fsp3) is 0.231. The van der Waals surface area contributed by atoms with Crippen molar-refractivity contribution in [2.75, 3.05) is 5.32 Å². The van der Waals surface area contributed by atoms with Crippen molar-refractivity contribution in [2.45, 2.75) is 19.6 Å². The summed E-state index contributed by atoms with van der Waals surface area (Å²) in [5.41, 5.74) is 0.427. The number of rotatable bonds is 3. The Morgan fingerprint density at radius 3 is 2.67 bits per heavy atom. The van der Waals surface area contributed by atoms with E-state index in [1.165, 1.54) is 0 Å². The molecule has 112 valence electrons. The van der Waals surface area contributed by atoms with Crippen molar-refractivity contribution in [3.8, 4) is 0 Å². The van der Waals surface area contributed by atoms with Crippen LogP contribution in [-0.4, -0.2) is 15.7 Å². The molecule has 0 radical (unpaired) electrons. The van der Waals surface area contributed by atoms with Gasteiger partial charge in [-0.1, -0.05) is 15.9 Å². The summed E-state index contributed by atoms with van der Waals surface area (Å²) in [5.74, 6) is -0.447. The summed E-state index contributed by atoms with van der Waals surface area (Å²) >= 11 is 3.30. The SMILES string of the molecule is Cc1cc(Br)ccc1NC(=O)Cn1ccc(C(F)(F)F)n1. The predicted octanol–water partition coefficient (Wildman–Crippen LogP) is 3.61. The van der Waals surface area contributed by atoms with Gasteiger partial charge in [-0.2, -0.15) is 18.3 Å². The number of hydrogen-bond acceptors (Lipinski definition) is 2. The fourth-order valence-electron chi connectivity index (χ4n) is 1.71. The highest BCUT2D eigenvalue weighted by Gasteiger charge is 2.33. The number of nitrogens with one attached hydrogen (secondary N) is 1. The van der Waals surface area contributed by atoms with E-state index in [4.69, 9.17) is 0 Å². The molecule has 2 aromatic rings. The Morgan fingerprint density at radius 2 is 2.10 bits per heavy atom. The largest absolute Gasteiger partial charge is 0.435 e. The van der Waals surface area contributed by atoms with Crippen LogP contribution in [0.5, 0.6) is 0 Å². The number of nitrogens with zero attached hydrogens (tertiary/aromatic N) is 2. The zero-order valence-corrected chi connectivity index (χ0v) is 12.5. The van der Waals surface area contributed by atoms with Crippen molar-refractivity contribution in [2.24, 2.45) is 0 Å². The average Bonchev–Trinajstić information content (AvgIpc) is 2.81. The molecule has 0 atom stereocenters. The third-order valence-corrected chi connectivity index (χ3v) is 3.19. The highest BCUT2D eigenvalue weighted by atomic mass is 79.9. The molecule has 0 aliphatic carbocycles. The van der Waals surface area contributed by atoms with Gasteiger partial charge in [-0.15, -0.1) is 0 Å². The number of halogens is 4. The monoisotopic (exact) mass is 361 g/mol. The summed E-state index contributed by atoms with van der Waals surface area (Å²) in [6, 6.07) is 6.13. The van der Waals surface area contributed by atoms with Gasteiger partial charge in [0, 0.05) is 16.4 Å². The number of anilines is 1. The number of hydrogen-bond donors (Lipinski definition) is 1. The van der Waals surface area contributed by atoms with Gasteiger partial charge in [-0.05, 0) is 36.8 Å². The Balaban J connectivity index is 2.03. The molecule has 0 saturated carbocycles. The summed E-state index contributed by atoms with van der Waals surface area (Å²) in [6.45, 7) is 1.53. The second-order valence-corrected chi connectivity index (χ2v) is 5.32. The number of alkyl halides is 3. The number of carbonyl (C=O) groups excluding carboxylic acids is 1. The highest BCUT2D eigenvalue weighted by Crippen LogP contribution is 2.27. The third kappa shape index (κ3) is 4.07. The van der Waals surface area contributed by atoms with Crippen LogP contribution in [0.1, 0.15) is 11.3 Å². The summed E-state index contributed by atoms with van der Waals surface area (Å²) in [4.78, 5) is 11.8. The van der Waals surface area contributed by atoms with E-state index >= 15 is 0 Å². The maximum Gasteiger partial charge on any atom is 0.435 e. The molecular formula is C13H11BrF3N3O. The van der Waals surface area contributed by atoms with E-state index in [1.54, 1.807) is 12.1 Å². The molecule has 2 rings (SSSR count). The van der Waals surface area contributed by atoms with E-state index in [0.29, 0.717) is 5.69 Å². The second-order valence-electron chi connectivity index (χ2n) is 4.40. The molecule has 0 unspecified atom stereocenters. The molecule has 1 amide bonds. The molecule has 0 fully saturated rings. The molecule has 0 spiro atoms. The number of carbonyl (C=O) groups is 1. The van der Waals surface area contributed by atoms with E-state index in [1.807, 2.05) is 13.0 Å². The molecule has 1 N–H and O–H groups in total. The fourth-order valence-corrected chi connectivity index (χ4v) is 2.18. The minimum atomic E-state index is -4.51. The molecule has 8 heteroatoms. The zero-order chi connectivity index (χ0) is 15.6. The molecule has 0 aliphatic heterocycles. The quantitative estimate of drug-likeness (QED) is 0.907. The van der Waals surface area contributed by atoms with Gasteiger partial charge in [-0.3, -0.25) is 9.48 Å². The van der Waals surface area contributed by atoms with Gasteiger partial charge in [-0.25, -0.2) is 0 Å². The standard InChI is InChI=1S/C13H11BrF3N3O/c1-8-6-9(14)2-3-10(8)18-12(21)7-20-5-4-11(19-20)13(15,16)17/h2-6H,7H2,1H3,(H,18,21). The van der Waals surface area contributed by atoms with Gasteiger partial charge in [0.1, 0.15) is 6.54 Å². The summed E-state index contributed by atoms with van der Waals surface area (Å²) in [5, 5.41) is 5.96. The van der Waals surface area contributed by atoms with Crippen molar-refractivity contribution < 1.29 is 18.0 Å². The van der Waals surface area contributed by atoms with Crippen LogP contribution in [0.4, 0.5) is 18.9 Å². The van der Waals surface area contributed by atoms with Gasteiger partial charge in [0.15, 0.2) is 5.69 Å². The Morgan fingerprint density at radius 1 is 1.38 bits per heavy atom. The normalized spacial score (nSPS) is 11.5. The van der Waals surface area contributed by atoms with Crippen LogP contribution in [-0.2, 0) is 17.5 Å². The van der Waals surface area contributed by atoms with Gasteiger partial charge in [0.05, 0.1) is 0 Å². The maximum atomic E-state index is 12.4. The topological polar surface area (TPSA) is 46.9 Å². The Kier molecular flexibility index (Phi) is 4.36. The van der Waals surface area contributed by atoms with Crippen molar-refractivity contribution in [1.29, 1.82) is 0 Å². The van der Waals surface area contributed by atoms with Crippen LogP contribution in [0.25, 0.3) is 0 Å². The van der Waals surface area contributed by atoms with Crippen LogP contribution >= 0.6 is 15.9 Å². The lowest BCUT2D eigenvalue weighted by molar-refractivity contribution is -0.141. The van der Waals surface area contributed by atoms with Crippen LogP contribution in [0, 0.1) is 6.92 Å². The number of aromatic nitrogens is 2. The molecule has 1 aromatic heterocycles. The molecule has 1 heterocycles. The number of aryl methyl sites for hydroxylation is 1. The molecular weight excluding hydrogens is 351 g/mol. The van der Waals surface area contributed by atoms with Gasteiger partial charge >= 0.3 is 6.18 Å². The Hall–Kier alpha value is -1.83. The minimum absolute atomic E-state index is 0.286. The highest BCUT2D eigenvalue weighted by molar-refractivity contribution is 9.10. The lowest BCUT2D eigenvalue weighted by atomic mass is 10.2. The smallest absolute Gasteiger partial charge is 0.324 e.